The molecule has 2 aromatic heterocycles. The quantitative estimate of drug-likeness (QED) is 0.346. The smallest absolute Gasteiger partial charge is 0.339 e. The Morgan fingerprint density at radius 1 is 1.03 bits per heavy atom. The average molecular weight is 434 g/mol. The van der Waals surface area contributed by atoms with E-state index in [0.29, 0.717) is 22.4 Å². The van der Waals surface area contributed by atoms with E-state index >= 15 is 0 Å². The van der Waals surface area contributed by atoms with Crippen molar-refractivity contribution in [2.45, 2.75) is 5.16 Å². The third-order valence-corrected chi connectivity index (χ3v) is 5.26. The molecule has 0 saturated heterocycles. The Balaban J connectivity index is 1.54. The lowest BCUT2D eigenvalue weighted by molar-refractivity contribution is -0.113. The standard InChI is InChI=1S/C22H18N4O4S/c1-29-21(28)16-10-5-6-11-17(16)23-19(27)14-31-22-25-24-20(18-12-7-13-30-18)26(22)15-8-3-2-4-9-15/h2-13H,14H2,1H3,(H,23,27). The summed E-state index contributed by atoms with van der Waals surface area (Å²) in [4.78, 5) is 24.5. The predicted octanol–water partition coefficient (Wildman–Crippen LogP) is 4.04. The Hall–Kier alpha value is -3.85. The number of esters is 1. The number of amides is 1. The molecule has 0 aliphatic heterocycles. The molecule has 156 valence electrons. The van der Waals surface area contributed by atoms with Crippen LogP contribution in [0.3, 0.4) is 0 Å². The number of hydrogen-bond donors (Lipinski definition) is 1. The fourth-order valence-corrected chi connectivity index (χ4v) is 3.69. The van der Waals surface area contributed by atoms with Gasteiger partial charge < -0.3 is 14.5 Å². The Bertz CT molecular complexity index is 1190. The highest BCUT2D eigenvalue weighted by atomic mass is 32.2. The van der Waals surface area contributed by atoms with Gasteiger partial charge in [-0.2, -0.15) is 0 Å². The largest absolute Gasteiger partial charge is 0.465 e. The van der Waals surface area contributed by atoms with E-state index in [1.165, 1.54) is 18.9 Å². The van der Waals surface area contributed by atoms with Crippen LogP contribution in [0.4, 0.5) is 5.69 Å². The van der Waals surface area contributed by atoms with Crippen LogP contribution in [0.1, 0.15) is 10.4 Å². The number of methoxy groups -OCH3 is 1. The van der Waals surface area contributed by atoms with E-state index in [-0.39, 0.29) is 17.2 Å². The number of carbonyl (C=O) groups is 2. The van der Waals surface area contributed by atoms with Crippen LogP contribution < -0.4 is 5.32 Å². The van der Waals surface area contributed by atoms with Crippen LogP contribution in [0.25, 0.3) is 17.3 Å². The van der Waals surface area contributed by atoms with Crippen LogP contribution in [-0.4, -0.2) is 39.5 Å². The number of thioether (sulfide) groups is 1. The molecule has 2 aromatic carbocycles. The number of ether oxygens (including phenoxy) is 1. The molecule has 4 aromatic rings. The van der Waals surface area contributed by atoms with Crippen molar-refractivity contribution >= 4 is 29.3 Å². The molecule has 4 rings (SSSR count). The van der Waals surface area contributed by atoms with Crippen molar-refractivity contribution in [1.82, 2.24) is 14.8 Å². The van der Waals surface area contributed by atoms with Gasteiger partial charge in [0, 0.05) is 5.69 Å². The molecule has 0 aliphatic rings. The number of furan rings is 1. The van der Waals surface area contributed by atoms with Crippen LogP contribution in [-0.2, 0) is 9.53 Å². The first kappa shape index (κ1) is 20.4. The second kappa shape index (κ2) is 9.31. The molecule has 2 heterocycles. The van der Waals surface area contributed by atoms with Crippen molar-refractivity contribution in [1.29, 1.82) is 0 Å². The minimum atomic E-state index is -0.518. The summed E-state index contributed by atoms with van der Waals surface area (Å²) in [6.45, 7) is 0. The SMILES string of the molecule is COC(=O)c1ccccc1NC(=O)CSc1nnc(-c2ccco2)n1-c1ccccc1. The summed E-state index contributed by atoms with van der Waals surface area (Å²) in [7, 11) is 1.30. The van der Waals surface area contributed by atoms with Crippen LogP contribution in [0.15, 0.2) is 82.6 Å². The molecule has 0 aliphatic carbocycles. The zero-order valence-electron chi connectivity index (χ0n) is 16.5. The zero-order valence-corrected chi connectivity index (χ0v) is 17.3. The van der Waals surface area contributed by atoms with Crippen LogP contribution in [0.2, 0.25) is 0 Å². The van der Waals surface area contributed by atoms with Crippen LogP contribution in [0.5, 0.6) is 0 Å². The van der Waals surface area contributed by atoms with Crippen molar-refractivity contribution in [3.63, 3.8) is 0 Å². The molecular formula is C22H18N4O4S. The van der Waals surface area contributed by atoms with E-state index in [0.717, 1.165) is 5.69 Å². The Kier molecular flexibility index (Phi) is 6.13. The predicted molar refractivity (Wildman–Crippen MR) is 116 cm³/mol. The lowest BCUT2D eigenvalue weighted by Gasteiger charge is -2.10. The molecule has 0 atom stereocenters. The van der Waals surface area contributed by atoms with Crippen LogP contribution >= 0.6 is 11.8 Å². The summed E-state index contributed by atoms with van der Waals surface area (Å²) >= 11 is 1.23. The highest BCUT2D eigenvalue weighted by molar-refractivity contribution is 7.99. The highest BCUT2D eigenvalue weighted by Crippen LogP contribution is 2.28. The number of rotatable bonds is 7. The molecule has 9 heteroatoms. The van der Waals surface area contributed by atoms with Gasteiger partial charge in [-0.05, 0) is 36.4 Å². The van der Waals surface area contributed by atoms with Gasteiger partial charge in [0.25, 0.3) is 0 Å². The van der Waals surface area contributed by atoms with Gasteiger partial charge in [-0.25, -0.2) is 4.79 Å². The van der Waals surface area contributed by atoms with E-state index in [9.17, 15) is 9.59 Å². The first-order valence-corrected chi connectivity index (χ1v) is 10.3. The summed E-state index contributed by atoms with van der Waals surface area (Å²) in [6, 6.07) is 19.8. The maximum absolute atomic E-state index is 12.6. The molecule has 31 heavy (non-hydrogen) atoms. The molecule has 1 amide bonds. The van der Waals surface area contributed by atoms with Gasteiger partial charge in [0.05, 0.1) is 30.4 Å². The minimum absolute atomic E-state index is 0.0681. The maximum atomic E-state index is 12.6. The molecule has 0 radical (unpaired) electrons. The maximum Gasteiger partial charge on any atom is 0.339 e. The first-order valence-electron chi connectivity index (χ1n) is 9.32. The third-order valence-electron chi connectivity index (χ3n) is 4.33. The summed E-state index contributed by atoms with van der Waals surface area (Å²) in [5.41, 5.74) is 1.52. The fraction of sp³-hybridized carbons (Fsp3) is 0.0909. The monoisotopic (exact) mass is 434 g/mol. The molecule has 1 N–H and O–H groups in total. The molecule has 0 fully saturated rings. The third kappa shape index (κ3) is 4.51. The summed E-state index contributed by atoms with van der Waals surface area (Å²) < 4.78 is 12.1. The van der Waals surface area contributed by atoms with Crippen molar-refractivity contribution in [2.75, 3.05) is 18.2 Å². The first-order chi connectivity index (χ1) is 15.2. The number of anilines is 1. The van der Waals surface area contributed by atoms with Crippen LogP contribution in [0, 0.1) is 0 Å². The van der Waals surface area contributed by atoms with Gasteiger partial charge in [0.15, 0.2) is 10.9 Å². The molecular weight excluding hydrogens is 416 g/mol. The minimum Gasteiger partial charge on any atom is -0.465 e. The Morgan fingerprint density at radius 2 is 1.81 bits per heavy atom. The Morgan fingerprint density at radius 3 is 2.55 bits per heavy atom. The number of nitrogens with one attached hydrogen (secondary N) is 1. The van der Waals surface area contributed by atoms with Crippen molar-refractivity contribution in [3.05, 3.63) is 78.6 Å². The molecule has 0 bridgehead atoms. The zero-order chi connectivity index (χ0) is 21.6. The van der Waals surface area contributed by atoms with Crippen molar-refractivity contribution in [2.24, 2.45) is 0 Å². The fourth-order valence-electron chi connectivity index (χ4n) is 2.94. The second-order valence-corrected chi connectivity index (χ2v) is 7.27. The molecule has 0 spiro atoms. The van der Waals surface area contributed by atoms with Gasteiger partial charge in [-0.1, -0.05) is 42.1 Å². The number of aromatic nitrogens is 3. The normalized spacial score (nSPS) is 10.6. The van der Waals surface area contributed by atoms with Gasteiger partial charge >= 0.3 is 5.97 Å². The van der Waals surface area contributed by atoms with Gasteiger partial charge in [0.2, 0.25) is 11.7 Å². The van der Waals surface area contributed by atoms with E-state index in [1.807, 2.05) is 34.9 Å². The second-order valence-electron chi connectivity index (χ2n) is 6.33. The summed E-state index contributed by atoms with van der Waals surface area (Å²) in [5.74, 6) is 0.368. The topological polar surface area (TPSA) is 99.2 Å². The van der Waals surface area contributed by atoms with E-state index < -0.39 is 5.97 Å². The van der Waals surface area contributed by atoms with Gasteiger partial charge in [-0.15, -0.1) is 10.2 Å². The number of carbonyl (C=O) groups excluding carboxylic acids is 2. The lowest BCUT2D eigenvalue weighted by atomic mass is 10.2. The number of nitrogens with zero attached hydrogens (tertiary/aromatic N) is 3. The highest BCUT2D eigenvalue weighted by Gasteiger charge is 2.19. The van der Waals surface area contributed by atoms with Crippen molar-refractivity contribution < 1.29 is 18.7 Å². The van der Waals surface area contributed by atoms with E-state index in [1.54, 1.807) is 42.7 Å². The summed E-state index contributed by atoms with van der Waals surface area (Å²) in [5, 5.41) is 11.8. The van der Waals surface area contributed by atoms with E-state index in [4.69, 9.17) is 9.15 Å². The Labute approximate surface area is 182 Å². The lowest BCUT2D eigenvalue weighted by Crippen LogP contribution is -2.17. The number of hydrogen-bond acceptors (Lipinski definition) is 7. The van der Waals surface area contributed by atoms with E-state index in [2.05, 4.69) is 15.5 Å². The molecule has 0 saturated carbocycles. The molecule has 8 nitrogen and oxygen atoms in total. The number of benzene rings is 2. The molecule has 0 unspecified atom stereocenters. The van der Waals surface area contributed by atoms with Crippen molar-refractivity contribution in [3.8, 4) is 17.3 Å². The van der Waals surface area contributed by atoms with Gasteiger partial charge in [-0.3, -0.25) is 9.36 Å². The number of para-hydroxylation sites is 2. The summed E-state index contributed by atoms with van der Waals surface area (Å²) in [6.07, 6.45) is 1.57. The van der Waals surface area contributed by atoms with Gasteiger partial charge in [0.1, 0.15) is 0 Å². The average Bonchev–Trinajstić information content (AvgIpc) is 3.48.